The van der Waals surface area contributed by atoms with Crippen LogP contribution in [0, 0.1) is 6.92 Å². The van der Waals surface area contributed by atoms with E-state index in [-0.39, 0.29) is 11.8 Å². The molecule has 1 aliphatic rings. The van der Waals surface area contributed by atoms with Gasteiger partial charge in [-0.2, -0.15) is 0 Å². The first-order valence-electron chi connectivity index (χ1n) is 6.92. The molecule has 2 N–H and O–H groups in total. The predicted octanol–water partition coefficient (Wildman–Crippen LogP) is 3.13. The second-order valence-corrected chi connectivity index (χ2v) is 5.24. The molecule has 2 aromatic carbocycles. The SMILES string of the molecule is Cc1ccc(NC(=O)c2ccc3c(c2)CCC(=O)N3)cc1. The fourth-order valence-electron chi connectivity index (χ4n) is 2.36. The van der Waals surface area contributed by atoms with E-state index in [4.69, 9.17) is 0 Å². The van der Waals surface area contributed by atoms with Crippen LogP contribution in [-0.4, -0.2) is 11.8 Å². The van der Waals surface area contributed by atoms with Gasteiger partial charge in [-0.15, -0.1) is 0 Å². The van der Waals surface area contributed by atoms with Crippen LogP contribution >= 0.6 is 0 Å². The predicted molar refractivity (Wildman–Crippen MR) is 82.5 cm³/mol. The zero-order valence-corrected chi connectivity index (χ0v) is 11.8. The molecule has 4 nitrogen and oxygen atoms in total. The summed E-state index contributed by atoms with van der Waals surface area (Å²) in [6, 6.07) is 13.0. The van der Waals surface area contributed by atoms with Crippen LogP contribution in [-0.2, 0) is 11.2 Å². The summed E-state index contributed by atoms with van der Waals surface area (Å²) in [6.45, 7) is 2.00. The highest BCUT2D eigenvalue weighted by molar-refractivity contribution is 6.05. The van der Waals surface area contributed by atoms with Crippen LogP contribution in [0.15, 0.2) is 42.5 Å². The van der Waals surface area contributed by atoms with Crippen molar-refractivity contribution in [3.8, 4) is 0 Å². The van der Waals surface area contributed by atoms with Crippen LogP contribution in [0.25, 0.3) is 0 Å². The number of aryl methyl sites for hydroxylation is 2. The summed E-state index contributed by atoms with van der Waals surface area (Å²) in [4.78, 5) is 23.6. The molecule has 1 aliphatic heterocycles. The maximum atomic E-state index is 12.3. The van der Waals surface area contributed by atoms with E-state index in [1.165, 1.54) is 0 Å². The lowest BCUT2D eigenvalue weighted by Gasteiger charge is -2.17. The van der Waals surface area contributed by atoms with Gasteiger partial charge in [0.05, 0.1) is 0 Å². The van der Waals surface area contributed by atoms with Crippen LogP contribution in [0.5, 0.6) is 0 Å². The number of benzene rings is 2. The number of amides is 2. The van der Waals surface area contributed by atoms with Crippen molar-refractivity contribution in [1.82, 2.24) is 0 Å². The number of nitrogens with one attached hydrogen (secondary N) is 2. The van der Waals surface area contributed by atoms with Gasteiger partial charge in [-0.1, -0.05) is 17.7 Å². The summed E-state index contributed by atoms with van der Waals surface area (Å²) in [6.07, 6.45) is 1.14. The van der Waals surface area contributed by atoms with Crippen LogP contribution in [0.1, 0.15) is 27.9 Å². The van der Waals surface area contributed by atoms with Crippen molar-refractivity contribution in [2.75, 3.05) is 10.6 Å². The molecule has 0 aromatic heterocycles. The molecular weight excluding hydrogens is 264 g/mol. The van der Waals surface area contributed by atoms with Crippen molar-refractivity contribution >= 4 is 23.2 Å². The van der Waals surface area contributed by atoms with E-state index in [0.29, 0.717) is 18.4 Å². The Hall–Kier alpha value is -2.62. The van der Waals surface area contributed by atoms with Crippen molar-refractivity contribution in [2.24, 2.45) is 0 Å². The van der Waals surface area contributed by atoms with Crippen molar-refractivity contribution in [3.63, 3.8) is 0 Å². The lowest BCUT2D eigenvalue weighted by molar-refractivity contribution is -0.116. The molecule has 0 spiro atoms. The quantitative estimate of drug-likeness (QED) is 0.888. The first-order chi connectivity index (χ1) is 10.1. The molecule has 0 aliphatic carbocycles. The molecule has 1 heterocycles. The van der Waals surface area contributed by atoms with Gasteiger partial charge in [0.15, 0.2) is 0 Å². The molecule has 2 aromatic rings. The first kappa shape index (κ1) is 13.4. The number of hydrogen-bond acceptors (Lipinski definition) is 2. The van der Waals surface area contributed by atoms with Gasteiger partial charge in [-0.05, 0) is 49.2 Å². The Morgan fingerprint density at radius 3 is 2.62 bits per heavy atom. The van der Waals surface area contributed by atoms with E-state index in [0.717, 1.165) is 22.5 Å². The zero-order valence-electron chi connectivity index (χ0n) is 11.8. The summed E-state index contributed by atoms with van der Waals surface area (Å²) in [5.74, 6) is -0.113. The minimum Gasteiger partial charge on any atom is -0.326 e. The van der Waals surface area contributed by atoms with Crippen molar-refractivity contribution < 1.29 is 9.59 Å². The highest BCUT2D eigenvalue weighted by atomic mass is 16.2. The molecule has 0 saturated heterocycles. The molecule has 0 atom stereocenters. The Kier molecular flexibility index (Phi) is 3.44. The van der Waals surface area contributed by atoms with E-state index in [2.05, 4.69) is 10.6 Å². The third-order valence-electron chi connectivity index (χ3n) is 3.57. The molecule has 3 rings (SSSR count). The highest BCUT2D eigenvalue weighted by Gasteiger charge is 2.16. The van der Waals surface area contributed by atoms with Gasteiger partial charge in [-0.3, -0.25) is 9.59 Å². The van der Waals surface area contributed by atoms with E-state index in [1.807, 2.05) is 37.3 Å². The summed E-state index contributed by atoms with van der Waals surface area (Å²) in [5.41, 5.74) is 4.34. The third-order valence-corrected chi connectivity index (χ3v) is 3.57. The fourth-order valence-corrected chi connectivity index (χ4v) is 2.36. The minimum atomic E-state index is -0.140. The average Bonchev–Trinajstić information content (AvgIpc) is 2.49. The number of carbonyl (C=O) groups excluding carboxylic acids is 2. The van der Waals surface area contributed by atoms with Gasteiger partial charge in [0.1, 0.15) is 0 Å². The van der Waals surface area contributed by atoms with Gasteiger partial charge < -0.3 is 10.6 Å². The second kappa shape index (κ2) is 5.40. The molecule has 2 amide bonds. The Morgan fingerprint density at radius 2 is 1.86 bits per heavy atom. The monoisotopic (exact) mass is 280 g/mol. The number of anilines is 2. The highest BCUT2D eigenvalue weighted by Crippen LogP contribution is 2.24. The molecule has 0 saturated carbocycles. The zero-order chi connectivity index (χ0) is 14.8. The molecular formula is C17H16N2O2. The molecule has 21 heavy (non-hydrogen) atoms. The van der Waals surface area contributed by atoms with E-state index < -0.39 is 0 Å². The molecule has 106 valence electrons. The van der Waals surface area contributed by atoms with Gasteiger partial charge in [0.2, 0.25) is 5.91 Å². The lowest BCUT2D eigenvalue weighted by Crippen LogP contribution is -2.20. The average molecular weight is 280 g/mol. The molecule has 0 radical (unpaired) electrons. The van der Waals surface area contributed by atoms with Gasteiger partial charge in [0, 0.05) is 23.4 Å². The first-order valence-corrected chi connectivity index (χ1v) is 6.92. The molecule has 4 heteroatoms. The van der Waals surface area contributed by atoms with E-state index >= 15 is 0 Å². The number of carbonyl (C=O) groups is 2. The second-order valence-electron chi connectivity index (χ2n) is 5.24. The lowest BCUT2D eigenvalue weighted by atomic mass is 10.00. The standard InChI is InChI=1S/C17H16N2O2/c1-11-2-6-14(7-3-11)18-17(21)13-4-8-15-12(10-13)5-9-16(20)19-15/h2-4,6-8,10H,5,9H2,1H3,(H,18,21)(H,19,20). The summed E-state index contributed by atoms with van der Waals surface area (Å²) >= 11 is 0. The van der Waals surface area contributed by atoms with Crippen LogP contribution < -0.4 is 10.6 Å². The molecule has 0 fully saturated rings. The topological polar surface area (TPSA) is 58.2 Å². The van der Waals surface area contributed by atoms with Gasteiger partial charge >= 0.3 is 0 Å². The Balaban J connectivity index is 1.79. The maximum Gasteiger partial charge on any atom is 0.255 e. The maximum absolute atomic E-state index is 12.3. The Labute approximate surface area is 123 Å². The summed E-state index contributed by atoms with van der Waals surface area (Å²) < 4.78 is 0. The van der Waals surface area contributed by atoms with Gasteiger partial charge in [-0.25, -0.2) is 0 Å². The smallest absolute Gasteiger partial charge is 0.255 e. The molecule has 0 unspecified atom stereocenters. The van der Waals surface area contributed by atoms with Crippen LogP contribution in [0.2, 0.25) is 0 Å². The Morgan fingerprint density at radius 1 is 1.10 bits per heavy atom. The van der Waals surface area contributed by atoms with E-state index in [1.54, 1.807) is 12.1 Å². The normalized spacial score (nSPS) is 13.3. The van der Waals surface area contributed by atoms with Gasteiger partial charge in [0.25, 0.3) is 5.91 Å². The largest absolute Gasteiger partial charge is 0.326 e. The summed E-state index contributed by atoms with van der Waals surface area (Å²) in [5, 5.41) is 5.69. The fraction of sp³-hybridized carbons (Fsp3) is 0.176. The molecule has 0 bridgehead atoms. The number of hydrogen-bond donors (Lipinski definition) is 2. The number of rotatable bonds is 2. The number of fused-ring (bicyclic) bond motifs is 1. The van der Waals surface area contributed by atoms with Crippen molar-refractivity contribution in [3.05, 3.63) is 59.2 Å². The minimum absolute atomic E-state index is 0.0272. The third kappa shape index (κ3) is 2.94. The van der Waals surface area contributed by atoms with E-state index in [9.17, 15) is 9.59 Å². The van der Waals surface area contributed by atoms with Crippen LogP contribution in [0.3, 0.4) is 0 Å². The summed E-state index contributed by atoms with van der Waals surface area (Å²) in [7, 11) is 0. The Bertz CT molecular complexity index is 705. The van der Waals surface area contributed by atoms with Crippen molar-refractivity contribution in [2.45, 2.75) is 19.8 Å². The van der Waals surface area contributed by atoms with Crippen molar-refractivity contribution in [1.29, 1.82) is 0 Å². The van der Waals surface area contributed by atoms with Crippen LogP contribution in [0.4, 0.5) is 11.4 Å².